The molecule has 22 heavy (non-hydrogen) atoms. The summed E-state index contributed by atoms with van der Waals surface area (Å²) in [5.74, 6) is -8.68. The highest BCUT2D eigenvalue weighted by atomic mass is 19.3. The van der Waals surface area contributed by atoms with Crippen LogP contribution in [0.25, 0.3) is 0 Å². The molecule has 0 aliphatic carbocycles. The van der Waals surface area contributed by atoms with Crippen LogP contribution in [0.5, 0.6) is 0 Å². The van der Waals surface area contributed by atoms with E-state index >= 15 is 0 Å². The topological polar surface area (TPSA) is 20.2 Å². The van der Waals surface area contributed by atoms with Crippen molar-refractivity contribution in [3.8, 4) is 0 Å². The first kappa shape index (κ1) is 16.5. The Labute approximate surface area is 126 Å². The Bertz CT molecular complexity index is 628. The van der Waals surface area contributed by atoms with Gasteiger partial charge >= 0.3 is 11.8 Å². The average Bonchev–Trinajstić information content (AvgIpc) is 2.47. The minimum Gasteiger partial charge on any atom is -0.386 e. The van der Waals surface area contributed by atoms with Crippen molar-refractivity contribution < 1.29 is 22.7 Å². The highest BCUT2D eigenvalue weighted by Crippen LogP contribution is 2.49. The third kappa shape index (κ3) is 2.86. The van der Waals surface area contributed by atoms with Crippen molar-refractivity contribution in [1.29, 1.82) is 0 Å². The van der Waals surface area contributed by atoms with Gasteiger partial charge in [-0.25, -0.2) is 0 Å². The quantitative estimate of drug-likeness (QED) is 0.804. The van der Waals surface area contributed by atoms with Crippen LogP contribution in [0.2, 0.25) is 0 Å². The van der Waals surface area contributed by atoms with Crippen LogP contribution in [0.1, 0.15) is 30.5 Å². The molecule has 0 unspecified atom stereocenters. The molecule has 1 nitrogen and oxygen atoms in total. The van der Waals surface area contributed by atoms with Gasteiger partial charge in [-0.15, -0.1) is 0 Å². The van der Waals surface area contributed by atoms with E-state index in [0.29, 0.717) is 5.56 Å². The summed E-state index contributed by atoms with van der Waals surface area (Å²) < 4.78 is 56.8. The first-order chi connectivity index (χ1) is 10.1. The molecular weight excluding hydrogens is 296 g/mol. The summed E-state index contributed by atoms with van der Waals surface area (Å²) >= 11 is 0. The number of alkyl halides is 4. The zero-order chi connectivity index (χ0) is 16.6. The molecule has 118 valence electrons. The first-order valence-corrected chi connectivity index (χ1v) is 6.71. The summed E-state index contributed by atoms with van der Waals surface area (Å²) in [5, 5.41) is 9.78. The van der Waals surface area contributed by atoms with Gasteiger partial charge in [0.1, 0.15) is 0 Å². The van der Waals surface area contributed by atoms with E-state index in [4.69, 9.17) is 0 Å². The van der Waals surface area contributed by atoms with Gasteiger partial charge in [0.15, 0.2) is 0 Å². The molecule has 1 N–H and O–H groups in total. The lowest BCUT2D eigenvalue weighted by Gasteiger charge is -2.28. The van der Waals surface area contributed by atoms with Crippen LogP contribution in [0.3, 0.4) is 0 Å². The van der Waals surface area contributed by atoms with E-state index in [1.54, 1.807) is 0 Å². The molecule has 0 saturated heterocycles. The molecule has 0 spiro atoms. The minimum atomic E-state index is -4.35. The zero-order valence-corrected chi connectivity index (χ0v) is 12.2. The third-order valence-corrected chi connectivity index (χ3v) is 3.48. The summed E-state index contributed by atoms with van der Waals surface area (Å²) in [6.45, 7) is 2.97. The maximum atomic E-state index is 14.2. The second-order valence-electron chi connectivity index (χ2n) is 5.65. The van der Waals surface area contributed by atoms with Crippen molar-refractivity contribution in [3.05, 3.63) is 71.3 Å². The van der Waals surface area contributed by atoms with Gasteiger partial charge in [0.05, 0.1) is 5.60 Å². The third-order valence-electron chi connectivity index (χ3n) is 3.48. The Hall–Kier alpha value is -1.88. The van der Waals surface area contributed by atoms with E-state index in [2.05, 4.69) is 0 Å². The second-order valence-corrected chi connectivity index (χ2v) is 5.65. The Kier molecular flexibility index (Phi) is 4.04. The zero-order valence-electron chi connectivity index (χ0n) is 12.2. The van der Waals surface area contributed by atoms with E-state index in [1.807, 2.05) is 0 Å². The van der Waals surface area contributed by atoms with E-state index < -0.39 is 28.6 Å². The summed E-state index contributed by atoms with van der Waals surface area (Å²) in [6.07, 6.45) is 0. The molecular formula is C17H16F4O. The molecule has 0 fully saturated rings. The van der Waals surface area contributed by atoms with E-state index in [9.17, 15) is 22.7 Å². The van der Waals surface area contributed by atoms with E-state index in [0.717, 1.165) is 24.3 Å². The van der Waals surface area contributed by atoms with Crippen molar-refractivity contribution in [3.63, 3.8) is 0 Å². The Morgan fingerprint density at radius 2 is 1.00 bits per heavy atom. The number of aliphatic hydroxyl groups is 1. The maximum absolute atomic E-state index is 14.2. The molecule has 0 aromatic heterocycles. The predicted octanol–water partition coefficient (Wildman–Crippen LogP) is 4.80. The highest BCUT2D eigenvalue weighted by Gasteiger charge is 2.58. The molecule has 0 saturated carbocycles. The fourth-order valence-corrected chi connectivity index (χ4v) is 2.10. The minimum absolute atomic E-state index is 0.370. The SMILES string of the molecule is CC(C)(O)c1ccc(C(F)(F)C(F)(F)c2ccccc2)cc1. The van der Waals surface area contributed by atoms with Gasteiger partial charge in [-0.3, -0.25) is 0 Å². The van der Waals surface area contributed by atoms with Crippen LogP contribution in [-0.4, -0.2) is 5.11 Å². The first-order valence-electron chi connectivity index (χ1n) is 6.71. The van der Waals surface area contributed by atoms with Crippen LogP contribution < -0.4 is 0 Å². The molecule has 0 heterocycles. The molecule has 0 radical (unpaired) electrons. The molecule has 0 aliphatic heterocycles. The summed E-state index contributed by atoms with van der Waals surface area (Å²) in [5.41, 5.74) is -2.40. The lowest BCUT2D eigenvalue weighted by molar-refractivity contribution is -0.223. The number of hydrogen-bond acceptors (Lipinski definition) is 1. The molecule has 0 amide bonds. The standard InChI is InChI=1S/C17H16F4O/c1-15(2,22)12-8-10-14(11-9-12)17(20,21)16(18,19)13-6-4-3-5-7-13/h3-11,22H,1-2H3. The van der Waals surface area contributed by atoms with Crippen molar-refractivity contribution in [2.75, 3.05) is 0 Å². The maximum Gasteiger partial charge on any atom is 0.339 e. The molecule has 2 aromatic rings. The Morgan fingerprint density at radius 3 is 1.41 bits per heavy atom. The molecule has 5 heteroatoms. The van der Waals surface area contributed by atoms with Crippen LogP contribution in [-0.2, 0) is 17.4 Å². The summed E-state index contributed by atoms with van der Waals surface area (Å²) in [7, 11) is 0. The predicted molar refractivity (Wildman–Crippen MR) is 75.9 cm³/mol. The normalized spacial score (nSPS) is 13.2. The average molecular weight is 312 g/mol. The number of hydrogen-bond donors (Lipinski definition) is 1. The largest absolute Gasteiger partial charge is 0.386 e. The van der Waals surface area contributed by atoms with Gasteiger partial charge < -0.3 is 5.11 Å². The van der Waals surface area contributed by atoms with E-state index in [-0.39, 0.29) is 0 Å². The smallest absolute Gasteiger partial charge is 0.339 e. The van der Waals surface area contributed by atoms with Gasteiger partial charge in [0, 0.05) is 11.1 Å². The van der Waals surface area contributed by atoms with Gasteiger partial charge in [-0.2, -0.15) is 17.6 Å². The van der Waals surface area contributed by atoms with Gasteiger partial charge in [-0.1, -0.05) is 54.6 Å². The van der Waals surface area contributed by atoms with Gasteiger partial charge in [0.25, 0.3) is 0 Å². The van der Waals surface area contributed by atoms with Crippen LogP contribution in [0.15, 0.2) is 54.6 Å². The fraction of sp³-hybridized carbons (Fsp3) is 0.294. The lowest BCUT2D eigenvalue weighted by Crippen LogP contribution is -2.35. The second kappa shape index (κ2) is 5.39. The monoisotopic (exact) mass is 312 g/mol. The number of halogens is 4. The Balaban J connectivity index is 2.41. The Morgan fingerprint density at radius 1 is 0.636 bits per heavy atom. The molecule has 2 rings (SSSR count). The van der Waals surface area contributed by atoms with Crippen LogP contribution >= 0.6 is 0 Å². The van der Waals surface area contributed by atoms with E-state index in [1.165, 1.54) is 44.2 Å². The fourth-order valence-electron chi connectivity index (χ4n) is 2.10. The van der Waals surface area contributed by atoms with Crippen LogP contribution in [0.4, 0.5) is 17.6 Å². The van der Waals surface area contributed by atoms with Gasteiger partial charge in [0.2, 0.25) is 0 Å². The molecule has 0 bridgehead atoms. The number of rotatable bonds is 4. The summed E-state index contributed by atoms with van der Waals surface area (Å²) in [4.78, 5) is 0. The van der Waals surface area contributed by atoms with Crippen molar-refractivity contribution in [2.45, 2.75) is 31.3 Å². The summed E-state index contributed by atoms with van der Waals surface area (Å²) in [6, 6.07) is 10.3. The molecule has 0 aliphatic rings. The molecule has 0 atom stereocenters. The highest BCUT2D eigenvalue weighted by molar-refractivity contribution is 5.33. The number of benzene rings is 2. The molecule has 2 aromatic carbocycles. The lowest BCUT2D eigenvalue weighted by atomic mass is 9.92. The van der Waals surface area contributed by atoms with Gasteiger partial charge in [-0.05, 0) is 19.4 Å². The van der Waals surface area contributed by atoms with Crippen molar-refractivity contribution in [1.82, 2.24) is 0 Å². The van der Waals surface area contributed by atoms with Crippen molar-refractivity contribution in [2.24, 2.45) is 0 Å². The van der Waals surface area contributed by atoms with Crippen LogP contribution in [0, 0.1) is 0 Å². The van der Waals surface area contributed by atoms with Crippen molar-refractivity contribution >= 4 is 0 Å².